The first-order valence-electron chi connectivity index (χ1n) is 6.86. The van der Waals surface area contributed by atoms with Crippen LogP contribution in [0.15, 0.2) is 24.3 Å². The first kappa shape index (κ1) is 14.0. The molecule has 1 aliphatic rings. The third-order valence-electron chi connectivity index (χ3n) is 4.05. The SMILES string of the molecule is CC(C)c1ccc(C(O)C2(C#N)CCOCC2)cc1. The Morgan fingerprint density at radius 1 is 1.16 bits per heavy atom. The molecule has 1 heterocycles. The monoisotopic (exact) mass is 259 g/mol. The zero-order chi connectivity index (χ0) is 13.9. The maximum absolute atomic E-state index is 10.5. The third-order valence-corrected chi connectivity index (χ3v) is 4.05. The first-order valence-corrected chi connectivity index (χ1v) is 6.86. The molecule has 1 fully saturated rings. The van der Waals surface area contributed by atoms with Crippen LogP contribution >= 0.6 is 0 Å². The van der Waals surface area contributed by atoms with Crippen LogP contribution in [0.3, 0.4) is 0 Å². The van der Waals surface area contributed by atoms with E-state index in [0.717, 1.165) is 5.56 Å². The molecule has 0 radical (unpaired) electrons. The van der Waals surface area contributed by atoms with Gasteiger partial charge in [0.1, 0.15) is 0 Å². The standard InChI is InChI=1S/C16H21NO2/c1-12(2)13-3-5-14(6-4-13)15(18)16(11-17)7-9-19-10-8-16/h3-6,12,15,18H,7-10H2,1-2H3. The molecule has 0 spiro atoms. The fourth-order valence-corrected chi connectivity index (χ4v) is 2.56. The largest absolute Gasteiger partial charge is 0.387 e. The van der Waals surface area contributed by atoms with Crippen molar-refractivity contribution in [2.45, 2.75) is 38.7 Å². The summed E-state index contributed by atoms with van der Waals surface area (Å²) in [5, 5.41) is 20.0. The lowest BCUT2D eigenvalue weighted by molar-refractivity contribution is -0.0310. The Morgan fingerprint density at radius 2 is 1.68 bits per heavy atom. The van der Waals surface area contributed by atoms with Crippen molar-refractivity contribution < 1.29 is 9.84 Å². The van der Waals surface area contributed by atoms with Gasteiger partial charge in [-0.05, 0) is 29.9 Å². The summed E-state index contributed by atoms with van der Waals surface area (Å²) in [4.78, 5) is 0. The molecule has 1 aromatic rings. The van der Waals surface area contributed by atoms with E-state index >= 15 is 0 Å². The number of nitriles is 1. The Balaban J connectivity index is 2.22. The summed E-state index contributed by atoms with van der Waals surface area (Å²) in [5.41, 5.74) is 1.37. The van der Waals surface area contributed by atoms with Gasteiger partial charge in [0.2, 0.25) is 0 Å². The Morgan fingerprint density at radius 3 is 2.16 bits per heavy atom. The number of hydrogen-bond acceptors (Lipinski definition) is 3. The Labute approximate surface area is 114 Å². The summed E-state index contributed by atoms with van der Waals surface area (Å²) in [6, 6.07) is 10.3. The molecule has 1 unspecified atom stereocenters. The van der Waals surface area contributed by atoms with Gasteiger partial charge in [0, 0.05) is 13.2 Å². The minimum absolute atomic E-state index is 0.471. The molecule has 19 heavy (non-hydrogen) atoms. The highest BCUT2D eigenvalue weighted by Gasteiger charge is 2.40. The molecule has 0 aliphatic carbocycles. The Hall–Kier alpha value is -1.37. The molecule has 1 saturated heterocycles. The molecule has 0 bridgehead atoms. The molecule has 0 saturated carbocycles. The van der Waals surface area contributed by atoms with Gasteiger partial charge in [0.15, 0.2) is 0 Å². The number of ether oxygens (including phenoxy) is 1. The van der Waals surface area contributed by atoms with Gasteiger partial charge in [-0.1, -0.05) is 38.1 Å². The first-order chi connectivity index (χ1) is 9.09. The van der Waals surface area contributed by atoms with Crippen molar-refractivity contribution in [2.24, 2.45) is 5.41 Å². The molecule has 102 valence electrons. The van der Waals surface area contributed by atoms with Crippen LogP contribution in [0.25, 0.3) is 0 Å². The molecule has 0 aromatic heterocycles. The van der Waals surface area contributed by atoms with Crippen molar-refractivity contribution >= 4 is 0 Å². The molecular formula is C16H21NO2. The van der Waals surface area contributed by atoms with E-state index in [1.165, 1.54) is 5.56 Å². The molecule has 3 nitrogen and oxygen atoms in total. The summed E-state index contributed by atoms with van der Waals surface area (Å²) in [7, 11) is 0. The molecule has 1 atom stereocenters. The summed E-state index contributed by atoms with van der Waals surface area (Å²) < 4.78 is 5.30. The van der Waals surface area contributed by atoms with E-state index in [0.29, 0.717) is 32.0 Å². The predicted molar refractivity (Wildman–Crippen MR) is 73.6 cm³/mol. The van der Waals surface area contributed by atoms with E-state index in [9.17, 15) is 10.4 Å². The van der Waals surface area contributed by atoms with Crippen LogP contribution < -0.4 is 0 Å². The van der Waals surface area contributed by atoms with E-state index in [4.69, 9.17) is 4.74 Å². The lowest BCUT2D eigenvalue weighted by atomic mass is 9.74. The van der Waals surface area contributed by atoms with Gasteiger partial charge in [0.25, 0.3) is 0 Å². The number of hydrogen-bond donors (Lipinski definition) is 1. The molecule has 1 aromatic carbocycles. The predicted octanol–water partition coefficient (Wildman–Crippen LogP) is 3.16. The summed E-state index contributed by atoms with van der Waals surface area (Å²) in [5.74, 6) is 0.471. The second-order valence-electron chi connectivity index (χ2n) is 5.60. The van der Waals surface area contributed by atoms with Crippen molar-refractivity contribution in [3.63, 3.8) is 0 Å². The average molecular weight is 259 g/mol. The maximum Gasteiger partial charge on any atom is 0.0978 e. The van der Waals surface area contributed by atoms with Crippen LogP contribution in [0, 0.1) is 16.7 Å². The highest BCUT2D eigenvalue weighted by Crippen LogP contribution is 2.42. The fraction of sp³-hybridized carbons (Fsp3) is 0.562. The normalized spacial score (nSPS) is 19.9. The number of aliphatic hydroxyl groups is 1. The van der Waals surface area contributed by atoms with Gasteiger partial charge in [-0.15, -0.1) is 0 Å². The second-order valence-corrected chi connectivity index (χ2v) is 5.60. The molecule has 1 aliphatic heterocycles. The van der Waals surface area contributed by atoms with Crippen LogP contribution in [0.5, 0.6) is 0 Å². The second kappa shape index (κ2) is 5.73. The van der Waals surface area contributed by atoms with Gasteiger partial charge < -0.3 is 9.84 Å². The van der Waals surface area contributed by atoms with Crippen molar-refractivity contribution in [3.05, 3.63) is 35.4 Å². The summed E-state index contributed by atoms with van der Waals surface area (Å²) in [6.45, 7) is 5.38. The third kappa shape index (κ3) is 2.80. The lowest BCUT2D eigenvalue weighted by Gasteiger charge is -2.35. The Bertz CT molecular complexity index is 453. The van der Waals surface area contributed by atoms with Crippen LogP contribution in [-0.4, -0.2) is 18.3 Å². The molecule has 1 N–H and O–H groups in total. The number of benzene rings is 1. The van der Waals surface area contributed by atoms with Gasteiger partial charge in [-0.3, -0.25) is 0 Å². The molecule has 2 rings (SSSR count). The number of rotatable bonds is 3. The van der Waals surface area contributed by atoms with E-state index in [1.807, 2.05) is 24.3 Å². The zero-order valence-corrected chi connectivity index (χ0v) is 11.6. The van der Waals surface area contributed by atoms with Crippen molar-refractivity contribution in [2.75, 3.05) is 13.2 Å². The van der Waals surface area contributed by atoms with E-state index in [-0.39, 0.29) is 0 Å². The number of nitrogens with zero attached hydrogens (tertiary/aromatic N) is 1. The average Bonchev–Trinajstić information content (AvgIpc) is 2.47. The highest BCUT2D eigenvalue weighted by molar-refractivity contribution is 5.28. The van der Waals surface area contributed by atoms with Crippen LogP contribution in [-0.2, 0) is 4.74 Å². The molecular weight excluding hydrogens is 238 g/mol. The van der Waals surface area contributed by atoms with E-state index < -0.39 is 11.5 Å². The topological polar surface area (TPSA) is 53.2 Å². The summed E-state index contributed by atoms with van der Waals surface area (Å²) in [6.07, 6.45) is 0.454. The maximum atomic E-state index is 10.5. The summed E-state index contributed by atoms with van der Waals surface area (Å²) >= 11 is 0. The number of aliphatic hydroxyl groups excluding tert-OH is 1. The fourth-order valence-electron chi connectivity index (χ4n) is 2.56. The van der Waals surface area contributed by atoms with Crippen molar-refractivity contribution in [1.82, 2.24) is 0 Å². The van der Waals surface area contributed by atoms with Crippen molar-refractivity contribution in [1.29, 1.82) is 5.26 Å². The van der Waals surface area contributed by atoms with Crippen LogP contribution in [0.1, 0.15) is 49.8 Å². The van der Waals surface area contributed by atoms with E-state index in [1.54, 1.807) is 0 Å². The van der Waals surface area contributed by atoms with Gasteiger partial charge in [0.05, 0.1) is 17.6 Å². The highest BCUT2D eigenvalue weighted by atomic mass is 16.5. The van der Waals surface area contributed by atoms with Gasteiger partial charge in [-0.2, -0.15) is 5.26 Å². The lowest BCUT2D eigenvalue weighted by Crippen LogP contribution is -2.34. The molecule has 0 amide bonds. The van der Waals surface area contributed by atoms with Crippen LogP contribution in [0.4, 0.5) is 0 Å². The van der Waals surface area contributed by atoms with Crippen LogP contribution in [0.2, 0.25) is 0 Å². The van der Waals surface area contributed by atoms with Crippen molar-refractivity contribution in [3.8, 4) is 6.07 Å². The van der Waals surface area contributed by atoms with Gasteiger partial charge >= 0.3 is 0 Å². The quantitative estimate of drug-likeness (QED) is 0.907. The molecule has 3 heteroatoms. The smallest absolute Gasteiger partial charge is 0.0978 e. The van der Waals surface area contributed by atoms with E-state index in [2.05, 4.69) is 19.9 Å². The Kier molecular flexibility index (Phi) is 4.24. The minimum Gasteiger partial charge on any atom is -0.387 e. The van der Waals surface area contributed by atoms with Gasteiger partial charge in [-0.25, -0.2) is 0 Å². The minimum atomic E-state index is -0.734. The zero-order valence-electron chi connectivity index (χ0n) is 11.6.